The van der Waals surface area contributed by atoms with E-state index < -0.39 is 269 Å². The van der Waals surface area contributed by atoms with Gasteiger partial charge in [-0.2, -0.15) is 0 Å². The third kappa shape index (κ3) is 13.9. The largest absolute Gasteiger partial charge is 0.756 e. The molecule has 0 aromatic rings. The number of phosphoric ester groups is 1. The zero-order chi connectivity index (χ0) is 59.3. The molecule has 21 rings (SSSR count). The summed E-state index contributed by atoms with van der Waals surface area (Å²) in [6, 6.07) is 0. The van der Waals surface area contributed by atoms with Crippen molar-refractivity contribution in [3.8, 4) is 0 Å². The molecule has 0 saturated carbocycles. The topological polar surface area (TPSA) is 640 Å². The molecule has 39 nitrogen and oxygen atoms in total. The van der Waals surface area contributed by atoms with Crippen LogP contribution in [0, 0.1) is 0 Å². The Balaban J connectivity index is 0.00000968. The van der Waals surface area contributed by atoms with Gasteiger partial charge in [-0.1, -0.05) is 0 Å². The van der Waals surface area contributed by atoms with Gasteiger partial charge in [-0.3, -0.25) is 4.57 Å². The predicted molar refractivity (Wildman–Crippen MR) is 243 cm³/mol. The molecule has 40 heteroatoms. The summed E-state index contributed by atoms with van der Waals surface area (Å²) in [5, 5.41) is 221. The molecule has 0 aromatic heterocycles. The summed E-state index contributed by atoms with van der Waals surface area (Å²) in [6.07, 6.45) is -73.5. The lowest BCUT2D eigenvalue weighted by atomic mass is 9.95. The molecule has 25 N–H and O–H groups in total. The number of ether oxygens (including phenoxy) is 14. The van der Waals surface area contributed by atoms with Crippen molar-refractivity contribution in [1.29, 1.82) is 0 Å². The molecule has 21 aliphatic rings. The molecular formula is C42H74NO38P. The first-order valence-electron chi connectivity index (χ1n) is 25.3. The van der Waals surface area contributed by atoms with Crippen molar-refractivity contribution in [1.82, 2.24) is 6.15 Å². The molecule has 0 aromatic carbocycles. The van der Waals surface area contributed by atoms with Crippen LogP contribution in [-0.4, -0.2) is 368 Å². The van der Waals surface area contributed by atoms with Crippen molar-refractivity contribution >= 4 is 7.82 Å². The molecule has 1 unspecified atom stereocenters. The number of aliphatic hydroxyl groups excluding tert-OH is 20. The molecular weight excluding hydrogens is 1160 g/mol. The minimum absolute atomic E-state index is 0. The zero-order valence-electron chi connectivity index (χ0n) is 42.9. The smallest absolute Gasteiger partial charge is 0.265 e. The maximum Gasteiger partial charge on any atom is 0.265 e. The van der Waals surface area contributed by atoms with Crippen LogP contribution in [0.5, 0.6) is 0 Å². The summed E-state index contributed by atoms with van der Waals surface area (Å²) in [4.78, 5) is 21.2. The molecule has 0 radical (unpaired) electrons. The van der Waals surface area contributed by atoms with Crippen LogP contribution >= 0.6 is 7.82 Å². The van der Waals surface area contributed by atoms with E-state index in [1.54, 1.807) is 0 Å². The molecule has 21 aliphatic heterocycles. The lowest BCUT2D eigenvalue weighted by Gasteiger charge is -2.50. The Hall–Kier alpha value is -1.29. The second kappa shape index (κ2) is 28.5. The Labute approximate surface area is 462 Å². The van der Waals surface area contributed by atoms with Crippen LogP contribution < -0.4 is 11.0 Å². The van der Waals surface area contributed by atoms with Crippen LogP contribution in [-0.2, 0) is 75.4 Å². The van der Waals surface area contributed by atoms with Gasteiger partial charge < -0.3 is 189 Å². The second-order valence-electron chi connectivity index (χ2n) is 20.2. The summed E-state index contributed by atoms with van der Waals surface area (Å²) in [7, 11) is -5.68. The summed E-state index contributed by atoms with van der Waals surface area (Å²) in [6.45, 7) is -7.92. The van der Waals surface area contributed by atoms with E-state index in [0.717, 1.165) is 0 Å². The van der Waals surface area contributed by atoms with Crippen LogP contribution in [0.25, 0.3) is 0 Å². The molecule has 36 atom stereocenters. The highest BCUT2D eigenvalue weighted by atomic mass is 31.2. The van der Waals surface area contributed by atoms with Gasteiger partial charge in [0, 0.05) is 0 Å². The van der Waals surface area contributed by atoms with Crippen LogP contribution in [0.4, 0.5) is 0 Å². The van der Waals surface area contributed by atoms with Crippen molar-refractivity contribution in [2.24, 2.45) is 0 Å². The lowest BCUT2D eigenvalue weighted by molar-refractivity contribution is -0.396. The SMILES string of the molecule is O=P([O-])(O)OC[C@H]1O[C@@H]2O[C@H]3[C@H](O)[C@H](O)[C@@H](O[C@H]4[C@H](O)[C@H](O)[C@@H](O[C@H]5[C@H](O)[C@@H](O)[C@@H](O[C@H]6[C@H](O)[C@@H](O)[C@@H](O[C@H]7[C@H](O)[C@@H](O)[C@@H](O[C@H]8[C@H](O)[C@@H](O)[C@@H](O[C@H]1[C@H](O)[C@H]2O)O[C@@H]8CO)O[C@@H]7CO)O[C@@H]6CO)O[C@@H]5CO)O[C@@H]4CO)O[C@@H]3CO.[NH4+]. The van der Waals surface area contributed by atoms with Gasteiger partial charge >= 0.3 is 0 Å². The third-order valence-electron chi connectivity index (χ3n) is 15.0. The van der Waals surface area contributed by atoms with Crippen LogP contribution in [0.1, 0.15) is 0 Å². The van der Waals surface area contributed by atoms with Gasteiger partial charge in [0.1, 0.15) is 171 Å². The molecule has 21 saturated heterocycles. The van der Waals surface area contributed by atoms with Gasteiger partial charge in [-0.25, -0.2) is 0 Å². The quantitative estimate of drug-likeness (QED) is 0.0953. The molecule has 21 fully saturated rings. The fourth-order valence-corrected chi connectivity index (χ4v) is 10.9. The van der Waals surface area contributed by atoms with Gasteiger partial charge in [0.15, 0.2) is 44.0 Å². The van der Waals surface area contributed by atoms with Crippen LogP contribution in [0.2, 0.25) is 0 Å². The number of quaternary nitrogens is 1. The zero-order valence-corrected chi connectivity index (χ0v) is 43.8. The maximum atomic E-state index is 11.8. The molecule has 21 heterocycles. The monoisotopic (exact) mass is 1230 g/mol. The Morgan fingerprint density at radius 3 is 0.573 bits per heavy atom. The van der Waals surface area contributed by atoms with Gasteiger partial charge in [0.25, 0.3) is 7.82 Å². The highest BCUT2D eigenvalue weighted by molar-refractivity contribution is 7.44. The first-order chi connectivity index (χ1) is 38.3. The number of hydrogen-bond donors (Lipinski definition) is 22. The summed E-state index contributed by atoms with van der Waals surface area (Å²) < 4.78 is 95.5. The highest BCUT2D eigenvalue weighted by Crippen LogP contribution is 2.40. The first-order valence-corrected chi connectivity index (χ1v) is 26.8. The van der Waals surface area contributed by atoms with E-state index in [4.69, 9.17) is 66.3 Å². The molecule has 82 heavy (non-hydrogen) atoms. The van der Waals surface area contributed by atoms with E-state index in [1.165, 1.54) is 0 Å². The molecule has 0 aliphatic carbocycles. The van der Waals surface area contributed by atoms with E-state index in [0.29, 0.717) is 0 Å². The van der Waals surface area contributed by atoms with Crippen molar-refractivity contribution in [3.63, 3.8) is 0 Å². The average Bonchev–Trinajstić information content (AvgIpc) is 3.57. The number of rotatable bonds is 9. The Kier molecular flexibility index (Phi) is 23.7. The van der Waals surface area contributed by atoms with Crippen molar-refractivity contribution in [2.75, 3.05) is 46.2 Å². The normalized spacial score (nSPS) is 53.4. The van der Waals surface area contributed by atoms with E-state index in [-0.39, 0.29) is 6.15 Å². The fraction of sp³-hybridized carbons (Fsp3) is 1.00. The minimum atomic E-state index is -5.68. The number of phosphoric acid groups is 1. The molecule has 0 spiro atoms. The Morgan fingerprint density at radius 1 is 0.280 bits per heavy atom. The Bertz CT molecular complexity index is 2010. The van der Waals surface area contributed by atoms with Gasteiger partial charge in [-0.15, -0.1) is 0 Å². The first kappa shape index (κ1) is 68.2. The predicted octanol–water partition coefficient (Wildman–Crippen LogP) is -15.4. The van der Waals surface area contributed by atoms with Gasteiger partial charge in [0.2, 0.25) is 0 Å². The second-order valence-corrected chi connectivity index (χ2v) is 21.4. The van der Waals surface area contributed by atoms with Crippen molar-refractivity contribution in [3.05, 3.63) is 0 Å². The van der Waals surface area contributed by atoms with E-state index >= 15 is 0 Å². The number of hydrogen-bond acceptors (Lipinski definition) is 37. The summed E-state index contributed by atoms with van der Waals surface area (Å²) >= 11 is 0. The summed E-state index contributed by atoms with van der Waals surface area (Å²) in [5.41, 5.74) is 0. The molecule has 14 bridgehead atoms. The summed E-state index contributed by atoms with van der Waals surface area (Å²) in [5.74, 6) is 0. The van der Waals surface area contributed by atoms with E-state index in [2.05, 4.69) is 4.52 Å². The maximum absolute atomic E-state index is 11.8. The van der Waals surface area contributed by atoms with Crippen LogP contribution in [0.3, 0.4) is 0 Å². The number of aliphatic hydroxyl groups is 20. The van der Waals surface area contributed by atoms with E-state index in [9.17, 15) is 116 Å². The van der Waals surface area contributed by atoms with Crippen LogP contribution in [0.15, 0.2) is 0 Å². The molecule has 480 valence electrons. The molecule has 0 amide bonds. The van der Waals surface area contributed by atoms with Crippen molar-refractivity contribution in [2.45, 2.75) is 215 Å². The van der Waals surface area contributed by atoms with Gasteiger partial charge in [-0.05, 0) is 0 Å². The highest BCUT2D eigenvalue weighted by Gasteiger charge is 2.59. The lowest BCUT2D eigenvalue weighted by Crippen LogP contribution is -2.68. The standard InChI is InChI=1S/C42H71O38P.H3N/c43-1-8-29-16(50)23(57)37(68-8)76-31-10(3-45)70-39(25(59)18(31)52)78-33-12(5-47)72-41(27(61)20(33)54)80-35-14(7-66-81(63,64)65)73-42(28(62)21(35)55)79-34-13(6-48)71-40(26(60)19(34)53)77-32-11(4-46)69-38(24(58)17(32)51)75-30-9(2-44)67-36(74-29)22(56)15(30)49;/h8-62H,1-7H2,(H2,63,64,65);1H3/t8-,9-,10-,11-,12-,13-,14-,15-,16-,17-,18-,19-,20-,21-,22-,23-,24+,25-,26+,27-,28-,29-,30-,31-,32-,33-,34-,35-,36-,37-,38-,39-,40-,41-,42-;/m1./s1. The van der Waals surface area contributed by atoms with E-state index in [1.807, 2.05) is 0 Å². The average molecular weight is 1230 g/mol. The van der Waals surface area contributed by atoms with Crippen molar-refractivity contribution < 1.29 is 187 Å². The van der Waals surface area contributed by atoms with Gasteiger partial charge in [0.05, 0.1) is 46.2 Å². The fourth-order valence-electron chi connectivity index (χ4n) is 10.6. The Morgan fingerprint density at radius 2 is 0.427 bits per heavy atom. The third-order valence-corrected chi connectivity index (χ3v) is 15.5. The minimum Gasteiger partial charge on any atom is -0.756 e.